The smallest absolute Gasteiger partial charge is 0.167 e. The molecule has 2 aliphatic carbocycles. The lowest BCUT2D eigenvalue weighted by atomic mass is 9.95. The lowest BCUT2D eigenvalue weighted by molar-refractivity contribution is -0.116. The number of hydrogen-bond donors (Lipinski definition) is 0. The van der Waals surface area contributed by atoms with Crippen LogP contribution >= 0.6 is 0 Å². The van der Waals surface area contributed by atoms with Gasteiger partial charge in [0, 0.05) is 24.0 Å². The first-order valence-electron chi connectivity index (χ1n) is 8.65. The number of allylic oxidation sites excluding steroid dienone is 6. The highest BCUT2D eigenvalue weighted by molar-refractivity contribution is 6.84. The Morgan fingerprint density at radius 3 is 2.33 bits per heavy atom. The third-order valence-electron chi connectivity index (χ3n) is 4.65. The Kier molecular flexibility index (Phi) is 4.55. The van der Waals surface area contributed by atoms with Crippen molar-refractivity contribution in [1.82, 2.24) is 0 Å². The molecule has 0 amide bonds. The van der Waals surface area contributed by atoms with Crippen LogP contribution in [0.25, 0.3) is 5.57 Å². The minimum Gasteiger partial charge on any atom is -0.294 e. The maximum absolute atomic E-state index is 12.6. The molecule has 0 heterocycles. The van der Waals surface area contributed by atoms with E-state index in [9.17, 15) is 9.59 Å². The van der Waals surface area contributed by atoms with Gasteiger partial charge < -0.3 is 0 Å². The van der Waals surface area contributed by atoms with E-state index in [1.165, 1.54) is 5.20 Å². The molecule has 124 valence electrons. The Morgan fingerprint density at radius 2 is 1.71 bits per heavy atom. The van der Waals surface area contributed by atoms with Gasteiger partial charge in [-0.25, -0.2) is 0 Å². The Morgan fingerprint density at radius 1 is 1.00 bits per heavy atom. The molecule has 0 aliphatic heterocycles. The SMILES string of the molecule is C[Si](C)(C)/C(C1=CCCCC1=O)=C1/C=C(c2ccccc2)C(=O)C1. The highest BCUT2D eigenvalue weighted by atomic mass is 28.3. The van der Waals surface area contributed by atoms with E-state index in [-0.39, 0.29) is 11.6 Å². The number of benzene rings is 1. The zero-order chi connectivity index (χ0) is 17.3. The number of Topliss-reactive ketones (excluding diaryl/α,β-unsaturated/α-hetero) is 2. The quantitative estimate of drug-likeness (QED) is 0.736. The van der Waals surface area contributed by atoms with Crippen LogP contribution in [0.2, 0.25) is 19.6 Å². The standard InChI is InChI=1S/C21H24O2Si/c1-24(2,3)21(17-11-7-8-12-19(17)22)16-13-18(20(23)14-16)15-9-5-4-6-10-15/h4-6,9-11,13H,7-8,12,14H2,1-3H3/b21-16-. The molecule has 1 aromatic rings. The molecule has 0 aromatic heterocycles. The number of hydrogen-bond acceptors (Lipinski definition) is 2. The minimum absolute atomic E-state index is 0.163. The van der Waals surface area contributed by atoms with E-state index in [4.69, 9.17) is 0 Å². The van der Waals surface area contributed by atoms with Crippen LogP contribution in [-0.2, 0) is 9.59 Å². The van der Waals surface area contributed by atoms with Gasteiger partial charge in [0.2, 0.25) is 0 Å². The van der Waals surface area contributed by atoms with Crippen molar-refractivity contribution in [3.63, 3.8) is 0 Å². The van der Waals surface area contributed by atoms with Gasteiger partial charge in [-0.1, -0.05) is 56.0 Å². The van der Waals surface area contributed by atoms with E-state index >= 15 is 0 Å². The van der Waals surface area contributed by atoms with Gasteiger partial charge in [0.05, 0.1) is 8.07 Å². The van der Waals surface area contributed by atoms with Crippen LogP contribution in [0.1, 0.15) is 31.2 Å². The molecule has 3 rings (SSSR count). The highest BCUT2D eigenvalue weighted by Crippen LogP contribution is 2.37. The van der Waals surface area contributed by atoms with Gasteiger partial charge >= 0.3 is 0 Å². The summed E-state index contributed by atoms with van der Waals surface area (Å²) < 4.78 is 0. The van der Waals surface area contributed by atoms with Crippen LogP contribution in [0.4, 0.5) is 0 Å². The summed E-state index contributed by atoms with van der Waals surface area (Å²) in [4.78, 5) is 25.1. The van der Waals surface area contributed by atoms with E-state index in [1.807, 2.05) is 36.4 Å². The molecule has 0 N–H and O–H groups in total. The van der Waals surface area contributed by atoms with E-state index in [0.717, 1.165) is 35.1 Å². The molecule has 0 unspecified atom stereocenters. The zero-order valence-electron chi connectivity index (χ0n) is 14.7. The zero-order valence-corrected chi connectivity index (χ0v) is 15.7. The van der Waals surface area contributed by atoms with Crippen LogP contribution in [-0.4, -0.2) is 19.6 Å². The second kappa shape index (κ2) is 6.48. The third-order valence-corrected chi connectivity index (χ3v) is 6.74. The fourth-order valence-corrected chi connectivity index (χ4v) is 5.83. The van der Waals surface area contributed by atoms with Crippen LogP contribution < -0.4 is 0 Å². The number of rotatable bonds is 3. The molecule has 24 heavy (non-hydrogen) atoms. The average Bonchev–Trinajstić information content (AvgIpc) is 2.90. The molecule has 2 nitrogen and oxygen atoms in total. The van der Waals surface area contributed by atoms with Gasteiger partial charge in [0.1, 0.15) is 0 Å². The van der Waals surface area contributed by atoms with Crippen molar-refractivity contribution in [1.29, 1.82) is 0 Å². The van der Waals surface area contributed by atoms with Crippen LogP contribution in [0.3, 0.4) is 0 Å². The van der Waals surface area contributed by atoms with Gasteiger partial charge in [-0.2, -0.15) is 0 Å². The molecule has 3 heteroatoms. The monoisotopic (exact) mass is 336 g/mol. The summed E-state index contributed by atoms with van der Waals surface area (Å²) in [6, 6.07) is 9.83. The molecule has 0 fully saturated rings. The maximum Gasteiger partial charge on any atom is 0.167 e. The molecule has 0 saturated carbocycles. The summed E-state index contributed by atoms with van der Waals surface area (Å²) >= 11 is 0. The highest BCUT2D eigenvalue weighted by Gasteiger charge is 2.33. The van der Waals surface area contributed by atoms with Gasteiger partial charge in [0.25, 0.3) is 0 Å². The van der Waals surface area contributed by atoms with Crippen molar-refractivity contribution in [2.45, 2.75) is 45.3 Å². The van der Waals surface area contributed by atoms with E-state index in [2.05, 4.69) is 25.7 Å². The van der Waals surface area contributed by atoms with Crippen molar-refractivity contribution >= 4 is 25.2 Å². The van der Waals surface area contributed by atoms with Crippen molar-refractivity contribution in [2.24, 2.45) is 0 Å². The van der Waals surface area contributed by atoms with Crippen LogP contribution in [0, 0.1) is 0 Å². The van der Waals surface area contributed by atoms with Crippen molar-refractivity contribution in [3.05, 3.63) is 64.4 Å². The second-order valence-corrected chi connectivity index (χ2v) is 12.6. The number of ketones is 2. The summed E-state index contributed by atoms with van der Waals surface area (Å²) in [5.74, 6) is 0.413. The predicted octanol–water partition coefficient (Wildman–Crippen LogP) is 4.90. The Labute approximate surface area is 145 Å². The first kappa shape index (κ1) is 16.8. The Balaban J connectivity index is 2.13. The number of carbonyl (C=O) groups is 2. The molecular formula is C21H24O2Si. The fraction of sp³-hybridized carbons (Fsp3) is 0.333. The van der Waals surface area contributed by atoms with Crippen molar-refractivity contribution in [3.8, 4) is 0 Å². The molecule has 0 spiro atoms. The summed E-state index contributed by atoms with van der Waals surface area (Å²) in [5, 5.41) is 1.19. The molecular weight excluding hydrogens is 312 g/mol. The van der Waals surface area contributed by atoms with E-state index < -0.39 is 8.07 Å². The molecule has 0 bridgehead atoms. The first-order chi connectivity index (χ1) is 11.4. The summed E-state index contributed by atoms with van der Waals surface area (Å²) in [5.41, 5.74) is 3.72. The largest absolute Gasteiger partial charge is 0.294 e. The molecule has 2 aliphatic rings. The van der Waals surface area contributed by atoms with Crippen molar-refractivity contribution < 1.29 is 9.59 Å². The maximum atomic E-state index is 12.6. The minimum atomic E-state index is -1.75. The summed E-state index contributed by atoms with van der Waals surface area (Å²) in [6.07, 6.45) is 7.11. The van der Waals surface area contributed by atoms with Crippen molar-refractivity contribution in [2.75, 3.05) is 0 Å². The Hall–Kier alpha value is -2.00. The molecule has 0 saturated heterocycles. The summed E-state index contributed by atoms with van der Waals surface area (Å²) in [6.45, 7) is 6.78. The average molecular weight is 337 g/mol. The Bertz CT molecular complexity index is 774. The van der Waals surface area contributed by atoms with Gasteiger partial charge in [-0.05, 0) is 35.3 Å². The third kappa shape index (κ3) is 3.27. The van der Waals surface area contributed by atoms with Gasteiger partial charge in [0.15, 0.2) is 11.6 Å². The van der Waals surface area contributed by atoms with Gasteiger partial charge in [-0.15, -0.1) is 0 Å². The fourth-order valence-electron chi connectivity index (χ4n) is 3.65. The normalized spacial score (nSPS) is 20.8. The lowest BCUT2D eigenvalue weighted by Crippen LogP contribution is -2.30. The van der Waals surface area contributed by atoms with E-state index in [1.54, 1.807) is 0 Å². The predicted molar refractivity (Wildman–Crippen MR) is 101 cm³/mol. The van der Waals surface area contributed by atoms with Gasteiger partial charge in [-0.3, -0.25) is 9.59 Å². The molecule has 0 radical (unpaired) electrons. The molecule has 0 atom stereocenters. The molecule has 1 aromatic carbocycles. The summed E-state index contributed by atoms with van der Waals surface area (Å²) in [7, 11) is -1.75. The van der Waals surface area contributed by atoms with E-state index in [0.29, 0.717) is 12.8 Å². The second-order valence-electron chi connectivity index (χ2n) is 7.61. The van der Waals surface area contributed by atoms with Crippen LogP contribution in [0.15, 0.2) is 58.8 Å². The first-order valence-corrected chi connectivity index (χ1v) is 12.2. The lowest BCUT2D eigenvalue weighted by Gasteiger charge is -2.27. The topological polar surface area (TPSA) is 34.1 Å². The van der Waals surface area contributed by atoms with Crippen LogP contribution in [0.5, 0.6) is 0 Å². The number of carbonyl (C=O) groups excluding carboxylic acids is 2.